The van der Waals surface area contributed by atoms with Crippen LogP contribution in [0.3, 0.4) is 0 Å². The number of rotatable bonds is 5. The Balaban J connectivity index is 1.38. The lowest BCUT2D eigenvalue weighted by molar-refractivity contribution is -0.189. The molecule has 0 N–H and O–H groups in total. The summed E-state index contributed by atoms with van der Waals surface area (Å²) in [6.07, 6.45) is 4.31. The van der Waals surface area contributed by atoms with Crippen molar-refractivity contribution in [1.82, 2.24) is 0 Å². The first-order valence-electron chi connectivity index (χ1n) is 11.0. The second-order valence-corrected chi connectivity index (χ2v) is 14.7. The maximum Gasteiger partial charge on any atom is 0.339 e. The molecule has 4 aliphatic rings. The molecule has 4 aliphatic carbocycles. The Hall–Kier alpha value is -0.520. The fourth-order valence-electron chi connectivity index (χ4n) is 6.38. The summed E-state index contributed by atoms with van der Waals surface area (Å²) in [6.45, 7) is 0. The summed E-state index contributed by atoms with van der Waals surface area (Å²) in [6, 6.07) is 8.76. The fourth-order valence-corrected chi connectivity index (χ4v) is 9.23. The largest absolute Gasteiger partial charge is 0.744 e. The van der Waals surface area contributed by atoms with Crippen LogP contribution in [-0.4, -0.2) is 30.5 Å². The fraction of sp³-hybridized carbons (Fsp3) is 0.417. The van der Waals surface area contributed by atoms with Gasteiger partial charge in [-0.1, -0.05) is 0 Å². The smallest absolute Gasteiger partial charge is 0.339 e. The Morgan fingerprint density at radius 2 is 1.60 bits per heavy atom. The quantitative estimate of drug-likeness (QED) is 0.129. The molecule has 2 aromatic rings. The van der Waals surface area contributed by atoms with Gasteiger partial charge < -0.3 is 14.0 Å². The number of esters is 2. The number of hydrogen-bond acceptors (Lipinski definition) is 7. The average Bonchev–Trinajstić information content (AvgIpc) is 2.74. The highest BCUT2D eigenvalue weighted by Crippen LogP contribution is 2.63. The number of hydrogen-bond donors (Lipinski definition) is 0. The summed E-state index contributed by atoms with van der Waals surface area (Å²) in [5.74, 6) is 0.000401. The van der Waals surface area contributed by atoms with E-state index in [0.29, 0.717) is 24.8 Å². The van der Waals surface area contributed by atoms with E-state index in [9.17, 15) is 22.6 Å². The van der Waals surface area contributed by atoms with E-state index in [1.54, 1.807) is 0 Å². The molecule has 0 amide bonds. The molecule has 6 rings (SSSR count). The van der Waals surface area contributed by atoms with E-state index in [4.69, 9.17) is 9.47 Å². The second-order valence-electron chi connectivity index (χ2n) is 9.88. The Labute approximate surface area is 244 Å². The first-order chi connectivity index (χ1) is 16.4. The number of halogens is 3. The molecule has 2 atom stereocenters. The van der Waals surface area contributed by atoms with Gasteiger partial charge in [0.1, 0.15) is 21.5 Å². The molecule has 4 bridgehead atoms. The van der Waals surface area contributed by atoms with Crippen LogP contribution in [0.5, 0.6) is 5.75 Å². The molecule has 0 radical (unpaired) electrons. The van der Waals surface area contributed by atoms with Crippen LogP contribution in [0, 0.1) is 28.0 Å². The van der Waals surface area contributed by atoms with Crippen LogP contribution in [0.15, 0.2) is 41.3 Å². The van der Waals surface area contributed by atoms with Crippen molar-refractivity contribution in [2.75, 3.05) is 0 Å². The van der Waals surface area contributed by atoms with Crippen molar-refractivity contribution in [2.24, 2.45) is 17.3 Å². The van der Waals surface area contributed by atoms with E-state index in [1.807, 2.05) is 12.1 Å². The third-order valence-electron chi connectivity index (χ3n) is 7.29. The lowest BCUT2D eigenvalue weighted by atomic mass is 9.48. The summed E-state index contributed by atoms with van der Waals surface area (Å²) in [5.41, 5.74) is -0.903. The molecule has 2 unspecified atom stereocenters. The molecule has 2 aromatic carbocycles. The molecule has 0 spiro atoms. The molecule has 4 fully saturated rings. The standard InChI is InChI=1S/C24H21I3O7S/c25-15-6-18(20(27)19(26)7-15)21(28)34-24-10-13-5-14(11-24)9-23(8-13,12-24)22(29)33-16-1-3-17(4-2-16)35(30,31)32/h1-4,6-7,13-14H,5,8-12H2,(H,30,31,32)/p-1. The molecule has 11 heteroatoms. The van der Waals surface area contributed by atoms with Gasteiger partial charge in [0, 0.05) is 17.1 Å². The van der Waals surface area contributed by atoms with Gasteiger partial charge >= 0.3 is 11.9 Å². The Morgan fingerprint density at radius 1 is 0.971 bits per heavy atom. The summed E-state index contributed by atoms with van der Waals surface area (Å²) < 4.78 is 48.2. The maximum atomic E-state index is 13.4. The summed E-state index contributed by atoms with van der Waals surface area (Å²) in [4.78, 5) is 26.4. The molecule has 0 aliphatic heterocycles. The molecular weight excluding hydrogens is 813 g/mol. The molecule has 7 nitrogen and oxygen atoms in total. The molecule has 0 aromatic heterocycles. The van der Waals surface area contributed by atoms with E-state index >= 15 is 0 Å². The molecule has 35 heavy (non-hydrogen) atoms. The first kappa shape index (κ1) is 26.1. The SMILES string of the molecule is O=C(OC12CC3CC(C1)CC(C(=O)Oc1ccc(S(=O)(=O)[O-])cc1)(C3)C2)c1cc(I)cc(I)c1I. The summed E-state index contributed by atoms with van der Waals surface area (Å²) in [5, 5.41) is 0. The predicted molar refractivity (Wildman–Crippen MR) is 150 cm³/mol. The third kappa shape index (κ3) is 5.12. The molecule has 186 valence electrons. The van der Waals surface area contributed by atoms with Crippen molar-refractivity contribution in [3.63, 3.8) is 0 Å². The Bertz CT molecular complexity index is 1310. The Kier molecular flexibility index (Phi) is 6.97. The molecule has 4 saturated carbocycles. The Morgan fingerprint density at radius 3 is 2.20 bits per heavy atom. The maximum absolute atomic E-state index is 13.4. The number of carbonyl (C=O) groups excluding carboxylic acids is 2. The topological polar surface area (TPSA) is 110 Å². The van der Waals surface area contributed by atoms with Gasteiger partial charge in [-0.3, -0.25) is 4.79 Å². The van der Waals surface area contributed by atoms with Gasteiger partial charge in [-0.15, -0.1) is 0 Å². The minimum atomic E-state index is -4.58. The highest BCUT2D eigenvalue weighted by Gasteiger charge is 2.63. The van der Waals surface area contributed by atoms with Crippen molar-refractivity contribution >= 4 is 89.8 Å². The van der Waals surface area contributed by atoms with Crippen LogP contribution in [0.4, 0.5) is 0 Å². The van der Waals surface area contributed by atoms with Crippen molar-refractivity contribution in [3.8, 4) is 5.75 Å². The van der Waals surface area contributed by atoms with Crippen LogP contribution in [0.25, 0.3) is 0 Å². The second kappa shape index (κ2) is 9.34. The van der Waals surface area contributed by atoms with Crippen molar-refractivity contribution in [2.45, 2.75) is 49.0 Å². The molecular formula is C24H20I3O7S-. The van der Waals surface area contributed by atoms with E-state index in [-0.39, 0.29) is 34.4 Å². The minimum Gasteiger partial charge on any atom is -0.744 e. The highest BCUT2D eigenvalue weighted by molar-refractivity contribution is 14.1. The normalized spacial score (nSPS) is 29.1. The van der Waals surface area contributed by atoms with Crippen molar-refractivity contribution in [1.29, 1.82) is 0 Å². The highest BCUT2D eigenvalue weighted by atomic mass is 127. The van der Waals surface area contributed by atoms with Crippen LogP contribution in [-0.2, 0) is 19.6 Å². The molecule has 0 saturated heterocycles. The number of ether oxygens (including phenoxy) is 2. The first-order valence-corrected chi connectivity index (χ1v) is 15.7. The van der Waals surface area contributed by atoms with E-state index in [1.165, 1.54) is 12.1 Å². The van der Waals surface area contributed by atoms with Gasteiger partial charge in [0.05, 0.1) is 15.9 Å². The molecule has 0 heterocycles. The van der Waals surface area contributed by atoms with E-state index < -0.39 is 21.1 Å². The zero-order valence-electron chi connectivity index (χ0n) is 18.3. The zero-order valence-corrected chi connectivity index (χ0v) is 25.6. The van der Waals surface area contributed by atoms with Crippen LogP contribution in [0.1, 0.15) is 48.9 Å². The van der Waals surface area contributed by atoms with Gasteiger partial charge in [0.25, 0.3) is 0 Å². The van der Waals surface area contributed by atoms with Gasteiger partial charge in [-0.25, -0.2) is 13.2 Å². The van der Waals surface area contributed by atoms with E-state index in [2.05, 4.69) is 67.8 Å². The van der Waals surface area contributed by atoms with E-state index in [0.717, 1.165) is 42.1 Å². The third-order valence-corrected chi connectivity index (χ3v) is 11.8. The van der Waals surface area contributed by atoms with Crippen molar-refractivity contribution in [3.05, 3.63) is 52.7 Å². The average molecular weight is 833 g/mol. The zero-order chi connectivity index (χ0) is 25.2. The van der Waals surface area contributed by atoms with Gasteiger partial charge in [0.2, 0.25) is 0 Å². The van der Waals surface area contributed by atoms with Gasteiger partial charge in [-0.2, -0.15) is 0 Å². The lowest BCUT2D eigenvalue weighted by Gasteiger charge is -2.59. The predicted octanol–water partition coefficient (Wildman–Crippen LogP) is 5.51. The van der Waals surface area contributed by atoms with Gasteiger partial charge in [0.15, 0.2) is 0 Å². The number of benzene rings is 2. The summed E-state index contributed by atoms with van der Waals surface area (Å²) >= 11 is 6.57. The lowest BCUT2D eigenvalue weighted by Crippen LogP contribution is -2.60. The monoisotopic (exact) mass is 833 g/mol. The van der Waals surface area contributed by atoms with Crippen LogP contribution in [0.2, 0.25) is 0 Å². The number of carbonyl (C=O) groups is 2. The van der Waals surface area contributed by atoms with Crippen LogP contribution >= 0.6 is 67.8 Å². The summed E-state index contributed by atoms with van der Waals surface area (Å²) in [7, 11) is -4.58. The van der Waals surface area contributed by atoms with Crippen LogP contribution < -0.4 is 4.74 Å². The minimum absolute atomic E-state index is 0.187. The van der Waals surface area contributed by atoms with Crippen molar-refractivity contribution < 1.29 is 32.0 Å². The van der Waals surface area contributed by atoms with Gasteiger partial charge in [-0.05, 0) is 148 Å².